The van der Waals surface area contributed by atoms with Gasteiger partial charge >= 0.3 is 0 Å². The van der Waals surface area contributed by atoms with Crippen LogP contribution in [0.3, 0.4) is 0 Å². The molecule has 114 valence electrons. The summed E-state index contributed by atoms with van der Waals surface area (Å²) in [5.74, 6) is 2.05. The number of hydrogen-bond donors (Lipinski definition) is 1. The van der Waals surface area contributed by atoms with E-state index in [-0.39, 0.29) is 0 Å². The summed E-state index contributed by atoms with van der Waals surface area (Å²) in [6.45, 7) is 5.29. The minimum absolute atomic E-state index is 0.363. The Hall–Kier alpha value is -1.28. The minimum Gasteiger partial charge on any atom is -0.459 e. The standard InChI is InChI=1S/C19H27NO/c1-3-20-17(12-11-15-8-4-5-9-15)18-13-16-10-6-7-14(2)19(16)21-18/h6-7,10,13,15,17,20H,3-5,8-9,11-12H2,1-2H3. The molecular formula is C19H27NO. The highest BCUT2D eigenvalue weighted by Gasteiger charge is 2.20. The van der Waals surface area contributed by atoms with Crippen molar-refractivity contribution in [2.45, 2.75) is 58.4 Å². The summed E-state index contributed by atoms with van der Waals surface area (Å²) in [7, 11) is 0. The highest BCUT2D eigenvalue weighted by atomic mass is 16.3. The van der Waals surface area contributed by atoms with Gasteiger partial charge in [-0.15, -0.1) is 0 Å². The number of furan rings is 1. The van der Waals surface area contributed by atoms with E-state index in [4.69, 9.17) is 4.42 Å². The summed E-state index contributed by atoms with van der Waals surface area (Å²) >= 11 is 0. The van der Waals surface area contributed by atoms with Gasteiger partial charge in [0.2, 0.25) is 0 Å². The molecule has 0 radical (unpaired) electrons. The SMILES string of the molecule is CCNC(CCC1CCCC1)c1cc2cccc(C)c2o1. The van der Waals surface area contributed by atoms with Crippen LogP contribution < -0.4 is 5.32 Å². The van der Waals surface area contributed by atoms with Crippen LogP contribution in [0.5, 0.6) is 0 Å². The number of para-hydroxylation sites is 1. The summed E-state index contributed by atoms with van der Waals surface area (Å²) < 4.78 is 6.17. The van der Waals surface area contributed by atoms with Crippen LogP contribution in [0.25, 0.3) is 11.0 Å². The fourth-order valence-corrected chi connectivity index (χ4v) is 3.69. The van der Waals surface area contributed by atoms with E-state index in [1.54, 1.807) is 0 Å². The molecule has 0 saturated heterocycles. The molecule has 3 rings (SSSR count). The van der Waals surface area contributed by atoms with Gasteiger partial charge in [-0.25, -0.2) is 0 Å². The summed E-state index contributed by atoms with van der Waals surface area (Å²) in [6.07, 6.45) is 8.24. The van der Waals surface area contributed by atoms with Crippen molar-refractivity contribution >= 4 is 11.0 Å². The van der Waals surface area contributed by atoms with Crippen molar-refractivity contribution < 1.29 is 4.42 Å². The Labute approximate surface area is 127 Å². The van der Waals surface area contributed by atoms with Crippen LogP contribution in [0.4, 0.5) is 0 Å². The monoisotopic (exact) mass is 285 g/mol. The van der Waals surface area contributed by atoms with Crippen LogP contribution in [-0.4, -0.2) is 6.54 Å². The molecule has 1 heterocycles. The van der Waals surface area contributed by atoms with Gasteiger partial charge in [0.15, 0.2) is 0 Å². The van der Waals surface area contributed by atoms with Crippen molar-refractivity contribution in [2.24, 2.45) is 5.92 Å². The Kier molecular flexibility index (Phi) is 4.64. The number of aryl methyl sites for hydroxylation is 1. The smallest absolute Gasteiger partial charge is 0.137 e. The van der Waals surface area contributed by atoms with Gasteiger partial charge in [0.05, 0.1) is 6.04 Å². The van der Waals surface area contributed by atoms with Gasteiger partial charge in [-0.3, -0.25) is 0 Å². The fraction of sp³-hybridized carbons (Fsp3) is 0.579. The molecule has 21 heavy (non-hydrogen) atoms. The third-order valence-electron chi connectivity index (χ3n) is 4.89. The van der Waals surface area contributed by atoms with Crippen molar-refractivity contribution in [1.29, 1.82) is 0 Å². The number of rotatable bonds is 6. The Balaban J connectivity index is 1.75. The first-order valence-electron chi connectivity index (χ1n) is 8.50. The molecule has 0 aliphatic heterocycles. The van der Waals surface area contributed by atoms with E-state index in [1.165, 1.54) is 49.5 Å². The fourth-order valence-electron chi connectivity index (χ4n) is 3.69. The zero-order chi connectivity index (χ0) is 14.7. The zero-order valence-electron chi connectivity index (χ0n) is 13.3. The molecule has 1 N–H and O–H groups in total. The predicted octanol–water partition coefficient (Wildman–Crippen LogP) is 5.36. The van der Waals surface area contributed by atoms with E-state index < -0.39 is 0 Å². The maximum Gasteiger partial charge on any atom is 0.137 e. The molecule has 1 fully saturated rings. The molecular weight excluding hydrogens is 258 g/mol. The van der Waals surface area contributed by atoms with Crippen LogP contribution >= 0.6 is 0 Å². The predicted molar refractivity (Wildman–Crippen MR) is 88.6 cm³/mol. The maximum atomic E-state index is 6.17. The van der Waals surface area contributed by atoms with Crippen LogP contribution in [0, 0.1) is 12.8 Å². The van der Waals surface area contributed by atoms with E-state index in [0.29, 0.717) is 6.04 Å². The zero-order valence-corrected chi connectivity index (χ0v) is 13.3. The quantitative estimate of drug-likeness (QED) is 0.772. The Bertz CT molecular complexity index is 580. The van der Waals surface area contributed by atoms with Gasteiger partial charge in [-0.2, -0.15) is 0 Å². The van der Waals surface area contributed by atoms with Crippen molar-refractivity contribution in [1.82, 2.24) is 5.32 Å². The average molecular weight is 285 g/mol. The van der Waals surface area contributed by atoms with Crippen LogP contribution in [0.15, 0.2) is 28.7 Å². The van der Waals surface area contributed by atoms with Crippen LogP contribution in [0.2, 0.25) is 0 Å². The minimum atomic E-state index is 0.363. The first-order chi connectivity index (χ1) is 10.3. The molecule has 2 aromatic rings. The second-order valence-electron chi connectivity index (χ2n) is 6.48. The molecule has 1 atom stereocenters. The molecule has 1 unspecified atom stereocenters. The second kappa shape index (κ2) is 6.65. The summed E-state index contributed by atoms with van der Waals surface area (Å²) in [6, 6.07) is 8.97. The third-order valence-corrected chi connectivity index (χ3v) is 4.89. The van der Waals surface area contributed by atoms with Crippen molar-refractivity contribution in [3.63, 3.8) is 0 Å². The Morgan fingerprint density at radius 2 is 2.10 bits per heavy atom. The van der Waals surface area contributed by atoms with Crippen molar-refractivity contribution in [3.8, 4) is 0 Å². The molecule has 0 amide bonds. The summed E-state index contributed by atoms with van der Waals surface area (Å²) in [4.78, 5) is 0. The number of nitrogens with one attached hydrogen (secondary N) is 1. The van der Waals surface area contributed by atoms with Gasteiger partial charge in [0, 0.05) is 5.39 Å². The van der Waals surface area contributed by atoms with E-state index in [2.05, 4.69) is 43.4 Å². The highest BCUT2D eigenvalue weighted by molar-refractivity contribution is 5.80. The van der Waals surface area contributed by atoms with E-state index in [0.717, 1.165) is 23.8 Å². The average Bonchev–Trinajstić information content (AvgIpc) is 3.13. The summed E-state index contributed by atoms with van der Waals surface area (Å²) in [5, 5.41) is 4.84. The first kappa shape index (κ1) is 14.6. The lowest BCUT2D eigenvalue weighted by Gasteiger charge is -2.17. The van der Waals surface area contributed by atoms with Crippen LogP contribution in [0.1, 0.15) is 62.8 Å². The second-order valence-corrected chi connectivity index (χ2v) is 6.48. The lowest BCUT2D eigenvalue weighted by atomic mass is 9.97. The maximum absolute atomic E-state index is 6.17. The van der Waals surface area contributed by atoms with Gasteiger partial charge in [0.25, 0.3) is 0 Å². The number of benzene rings is 1. The van der Waals surface area contributed by atoms with Gasteiger partial charge in [-0.1, -0.05) is 50.8 Å². The van der Waals surface area contributed by atoms with Crippen molar-refractivity contribution in [3.05, 3.63) is 35.6 Å². The largest absolute Gasteiger partial charge is 0.459 e. The molecule has 1 aromatic carbocycles. The van der Waals surface area contributed by atoms with Crippen molar-refractivity contribution in [2.75, 3.05) is 6.54 Å². The lowest BCUT2D eigenvalue weighted by Crippen LogP contribution is -2.21. The third kappa shape index (κ3) is 3.32. The summed E-state index contributed by atoms with van der Waals surface area (Å²) in [5.41, 5.74) is 2.28. The number of hydrogen-bond acceptors (Lipinski definition) is 2. The Morgan fingerprint density at radius 3 is 2.81 bits per heavy atom. The molecule has 0 spiro atoms. The molecule has 2 heteroatoms. The first-order valence-corrected chi connectivity index (χ1v) is 8.50. The normalized spacial score (nSPS) is 17.6. The van der Waals surface area contributed by atoms with E-state index in [9.17, 15) is 0 Å². The number of fused-ring (bicyclic) bond motifs is 1. The molecule has 2 nitrogen and oxygen atoms in total. The van der Waals surface area contributed by atoms with E-state index >= 15 is 0 Å². The molecule has 1 aliphatic rings. The topological polar surface area (TPSA) is 25.2 Å². The van der Waals surface area contributed by atoms with Crippen LogP contribution in [-0.2, 0) is 0 Å². The van der Waals surface area contributed by atoms with Gasteiger partial charge in [-0.05, 0) is 43.9 Å². The Morgan fingerprint density at radius 1 is 1.29 bits per heavy atom. The molecule has 0 bridgehead atoms. The van der Waals surface area contributed by atoms with E-state index in [1.807, 2.05) is 0 Å². The highest BCUT2D eigenvalue weighted by Crippen LogP contribution is 2.33. The molecule has 1 aliphatic carbocycles. The van der Waals surface area contributed by atoms with Gasteiger partial charge < -0.3 is 9.73 Å². The lowest BCUT2D eigenvalue weighted by molar-refractivity contribution is 0.372. The molecule has 1 aromatic heterocycles. The molecule has 1 saturated carbocycles. The van der Waals surface area contributed by atoms with Gasteiger partial charge in [0.1, 0.15) is 11.3 Å².